The second-order valence-electron chi connectivity index (χ2n) is 5.17. The van der Waals surface area contributed by atoms with E-state index in [4.69, 9.17) is 23.2 Å². The van der Waals surface area contributed by atoms with Crippen molar-refractivity contribution in [3.63, 3.8) is 0 Å². The lowest BCUT2D eigenvalue weighted by atomic mass is 10.1. The summed E-state index contributed by atoms with van der Waals surface area (Å²) in [5.74, 6) is 2.05. The number of nitrogens with one attached hydrogen (secondary N) is 2. The third-order valence-electron chi connectivity index (χ3n) is 3.40. The molecule has 94 valence electrons. The number of rotatable bonds is 4. The highest BCUT2D eigenvalue weighted by molar-refractivity contribution is 6.37. The zero-order valence-corrected chi connectivity index (χ0v) is 11.8. The van der Waals surface area contributed by atoms with Gasteiger partial charge in [-0.05, 0) is 23.8 Å². The summed E-state index contributed by atoms with van der Waals surface area (Å²) in [4.78, 5) is 4.35. The summed E-state index contributed by atoms with van der Waals surface area (Å²) in [6, 6.07) is 1.71. The minimum absolute atomic E-state index is 0.456. The zero-order valence-electron chi connectivity index (χ0n) is 10.3. The van der Waals surface area contributed by atoms with Gasteiger partial charge >= 0.3 is 0 Å². The van der Waals surface area contributed by atoms with Gasteiger partial charge in [-0.2, -0.15) is 0 Å². The molecule has 1 saturated carbocycles. The quantitative estimate of drug-likeness (QED) is 0.874. The Morgan fingerprint density at radius 2 is 1.94 bits per heavy atom. The summed E-state index contributed by atoms with van der Waals surface area (Å²) < 4.78 is 0. The molecule has 0 aromatic carbocycles. The molecule has 1 atom stereocenters. The summed E-state index contributed by atoms with van der Waals surface area (Å²) in [6.07, 6.45) is 1.25. The van der Waals surface area contributed by atoms with Crippen molar-refractivity contribution in [2.24, 2.45) is 11.3 Å². The third kappa shape index (κ3) is 2.78. The second kappa shape index (κ2) is 4.54. The van der Waals surface area contributed by atoms with Crippen molar-refractivity contribution in [1.29, 1.82) is 0 Å². The van der Waals surface area contributed by atoms with Crippen LogP contribution in [0.1, 0.15) is 20.3 Å². The maximum Gasteiger partial charge on any atom is 0.147 e. The van der Waals surface area contributed by atoms with E-state index in [0.717, 1.165) is 6.54 Å². The van der Waals surface area contributed by atoms with Crippen molar-refractivity contribution in [3.8, 4) is 0 Å². The average molecular weight is 274 g/mol. The Bertz CT molecular complexity index is 432. The van der Waals surface area contributed by atoms with Crippen molar-refractivity contribution in [2.75, 3.05) is 24.2 Å². The highest BCUT2D eigenvalue weighted by atomic mass is 35.5. The number of anilines is 2. The maximum absolute atomic E-state index is 6.10. The van der Waals surface area contributed by atoms with Gasteiger partial charge in [0.05, 0.1) is 10.0 Å². The molecule has 3 nitrogen and oxygen atoms in total. The van der Waals surface area contributed by atoms with Gasteiger partial charge in [-0.1, -0.05) is 37.0 Å². The Kier molecular flexibility index (Phi) is 3.41. The van der Waals surface area contributed by atoms with Crippen LogP contribution in [0.3, 0.4) is 0 Å². The summed E-state index contributed by atoms with van der Waals surface area (Å²) in [6.45, 7) is 5.45. The van der Waals surface area contributed by atoms with Gasteiger partial charge in [0.2, 0.25) is 0 Å². The first kappa shape index (κ1) is 12.8. The molecular formula is C12H17Cl2N3. The van der Waals surface area contributed by atoms with Gasteiger partial charge in [-0.15, -0.1) is 0 Å². The van der Waals surface area contributed by atoms with Crippen molar-refractivity contribution >= 4 is 34.8 Å². The van der Waals surface area contributed by atoms with Crippen LogP contribution in [-0.4, -0.2) is 18.6 Å². The van der Waals surface area contributed by atoms with Crippen LogP contribution in [-0.2, 0) is 0 Å². The van der Waals surface area contributed by atoms with Gasteiger partial charge in [0.25, 0.3) is 0 Å². The minimum atomic E-state index is 0.456. The molecule has 1 aliphatic carbocycles. The highest BCUT2D eigenvalue weighted by Gasteiger charge is 2.45. The lowest BCUT2D eigenvalue weighted by molar-refractivity contribution is 0.573. The SMILES string of the molecule is CNc1nc(NCC2CC2(C)C)c(Cl)cc1Cl. The predicted octanol–water partition coefficient (Wildman–Crippen LogP) is 3.89. The monoisotopic (exact) mass is 273 g/mol. The average Bonchev–Trinajstić information content (AvgIpc) is 2.85. The van der Waals surface area contributed by atoms with Crippen LogP contribution in [0.2, 0.25) is 10.0 Å². The lowest BCUT2D eigenvalue weighted by Gasteiger charge is -2.11. The van der Waals surface area contributed by atoms with Gasteiger partial charge in [-0.3, -0.25) is 0 Å². The molecule has 17 heavy (non-hydrogen) atoms. The summed E-state index contributed by atoms with van der Waals surface area (Å²) in [5.41, 5.74) is 0.456. The fourth-order valence-corrected chi connectivity index (χ4v) is 2.43. The zero-order chi connectivity index (χ0) is 12.6. The fourth-order valence-electron chi connectivity index (χ4n) is 1.91. The molecule has 5 heteroatoms. The molecule has 1 aromatic heterocycles. The molecule has 1 unspecified atom stereocenters. The first-order valence-electron chi connectivity index (χ1n) is 5.71. The smallest absolute Gasteiger partial charge is 0.147 e. The molecule has 0 bridgehead atoms. The van der Waals surface area contributed by atoms with Gasteiger partial charge < -0.3 is 10.6 Å². The number of halogens is 2. The van der Waals surface area contributed by atoms with Crippen LogP contribution < -0.4 is 10.6 Å². The molecule has 0 saturated heterocycles. The third-order valence-corrected chi connectivity index (χ3v) is 3.98. The van der Waals surface area contributed by atoms with Crippen LogP contribution in [0.5, 0.6) is 0 Å². The molecule has 2 N–H and O–H groups in total. The molecule has 1 heterocycles. The topological polar surface area (TPSA) is 37.0 Å². The van der Waals surface area contributed by atoms with E-state index in [2.05, 4.69) is 29.5 Å². The number of hydrogen-bond donors (Lipinski definition) is 2. The Labute approximate surface area is 112 Å². The van der Waals surface area contributed by atoms with E-state index in [-0.39, 0.29) is 0 Å². The largest absolute Gasteiger partial charge is 0.372 e. The molecule has 0 aliphatic heterocycles. The van der Waals surface area contributed by atoms with E-state index < -0.39 is 0 Å². The molecule has 0 spiro atoms. The Morgan fingerprint density at radius 3 is 2.47 bits per heavy atom. The second-order valence-corrected chi connectivity index (χ2v) is 5.98. The molecule has 1 aliphatic rings. The molecule has 1 fully saturated rings. The Morgan fingerprint density at radius 1 is 1.35 bits per heavy atom. The first-order chi connectivity index (χ1) is 7.94. The number of nitrogens with zero attached hydrogens (tertiary/aromatic N) is 1. The minimum Gasteiger partial charge on any atom is -0.372 e. The Balaban J connectivity index is 2.05. The van der Waals surface area contributed by atoms with E-state index in [9.17, 15) is 0 Å². The van der Waals surface area contributed by atoms with Crippen LogP contribution in [0.4, 0.5) is 11.6 Å². The summed E-state index contributed by atoms with van der Waals surface area (Å²) in [7, 11) is 1.79. The van der Waals surface area contributed by atoms with Crippen LogP contribution in [0.25, 0.3) is 0 Å². The maximum atomic E-state index is 6.10. The van der Waals surface area contributed by atoms with E-state index in [0.29, 0.717) is 33.0 Å². The Hall–Kier alpha value is -0.670. The van der Waals surface area contributed by atoms with E-state index in [1.165, 1.54) is 6.42 Å². The van der Waals surface area contributed by atoms with Crippen LogP contribution in [0, 0.1) is 11.3 Å². The molecular weight excluding hydrogens is 257 g/mol. The van der Waals surface area contributed by atoms with Gasteiger partial charge in [0.1, 0.15) is 11.6 Å². The standard InChI is InChI=1S/C12H17Cl2N3/c1-12(2)5-7(12)6-16-11-9(14)4-8(13)10(15-3)17-11/h4,7H,5-6H2,1-3H3,(H2,15,16,17). The lowest BCUT2D eigenvalue weighted by Crippen LogP contribution is -2.09. The van der Waals surface area contributed by atoms with Crippen LogP contribution >= 0.6 is 23.2 Å². The van der Waals surface area contributed by atoms with Gasteiger partial charge in [-0.25, -0.2) is 4.98 Å². The van der Waals surface area contributed by atoms with Crippen molar-refractivity contribution < 1.29 is 0 Å². The summed E-state index contributed by atoms with van der Waals surface area (Å²) >= 11 is 12.1. The van der Waals surface area contributed by atoms with E-state index >= 15 is 0 Å². The van der Waals surface area contributed by atoms with Crippen LogP contribution in [0.15, 0.2) is 6.07 Å². The van der Waals surface area contributed by atoms with Crippen molar-refractivity contribution in [3.05, 3.63) is 16.1 Å². The van der Waals surface area contributed by atoms with E-state index in [1.54, 1.807) is 13.1 Å². The molecule has 0 radical (unpaired) electrons. The first-order valence-corrected chi connectivity index (χ1v) is 6.47. The highest BCUT2D eigenvalue weighted by Crippen LogP contribution is 2.51. The van der Waals surface area contributed by atoms with Gasteiger partial charge in [0, 0.05) is 13.6 Å². The van der Waals surface area contributed by atoms with Gasteiger partial charge in [0.15, 0.2) is 0 Å². The normalized spacial score (nSPS) is 21.1. The fraction of sp³-hybridized carbons (Fsp3) is 0.583. The molecule has 0 amide bonds. The number of aromatic nitrogens is 1. The molecule has 2 rings (SSSR count). The predicted molar refractivity (Wildman–Crippen MR) is 74.2 cm³/mol. The van der Waals surface area contributed by atoms with E-state index in [1.807, 2.05) is 0 Å². The van der Waals surface area contributed by atoms with Crippen molar-refractivity contribution in [1.82, 2.24) is 4.98 Å². The number of pyridine rings is 1. The van der Waals surface area contributed by atoms with Crippen molar-refractivity contribution in [2.45, 2.75) is 20.3 Å². The number of hydrogen-bond acceptors (Lipinski definition) is 3. The summed E-state index contributed by atoms with van der Waals surface area (Å²) in [5, 5.41) is 7.33. The molecule has 1 aromatic rings.